The minimum Gasteiger partial charge on any atom is -0.480 e. The zero-order valence-corrected chi connectivity index (χ0v) is 10.1. The summed E-state index contributed by atoms with van der Waals surface area (Å²) in [5.74, 6) is 0.216. The van der Waals surface area contributed by atoms with E-state index in [1.165, 1.54) is 16.7 Å². The van der Waals surface area contributed by atoms with Crippen molar-refractivity contribution < 1.29 is 14.7 Å². The summed E-state index contributed by atoms with van der Waals surface area (Å²) in [6.07, 6.45) is 0. The predicted molar refractivity (Wildman–Crippen MR) is 59.6 cm³/mol. The summed E-state index contributed by atoms with van der Waals surface area (Å²) in [5, 5.41) is 8.95. The van der Waals surface area contributed by atoms with E-state index in [4.69, 9.17) is 5.11 Å². The molecule has 0 aliphatic carbocycles. The Balaban J connectivity index is 2.70. The maximum atomic E-state index is 12.0. The summed E-state index contributed by atoms with van der Waals surface area (Å²) in [6.45, 7) is 5.80. The number of hydrogen-bond acceptors (Lipinski definition) is 3. The van der Waals surface area contributed by atoms with E-state index in [0.29, 0.717) is 11.6 Å². The van der Waals surface area contributed by atoms with Crippen LogP contribution in [0.15, 0.2) is 0 Å². The van der Waals surface area contributed by atoms with Crippen LogP contribution in [-0.4, -0.2) is 39.6 Å². The van der Waals surface area contributed by atoms with E-state index in [9.17, 15) is 9.59 Å². The minimum absolute atomic E-state index is 0.0394. The molecule has 1 heterocycles. The summed E-state index contributed by atoms with van der Waals surface area (Å²) in [5.41, 5.74) is 0. The molecule has 86 valence electrons. The van der Waals surface area contributed by atoms with Gasteiger partial charge in [-0.1, -0.05) is 20.8 Å². The maximum absolute atomic E-state index is 12.0. The second-order valence-electron chi connectivity index (χ2n) is 4.19. The van der Waals surface area contributed by atoms with Crippen molar-refractivity contribution in [2.75, 3.05) is 11.6 Å². The van der Waals surface area contributed by atoms with Crippen molar-refractivity contribution in [3.8, 4) is 0 Å². The zero-order valence-electron chi connectivity index (χ0n) is 9.27. The van der Waals surface area contributed by atoms with Gasteiger partial charge in [-0.2, -0.15) is 0 Å². The molecule has 5 heteroatoms. The molecule has 0 radical (unpaired) electrons. The van der Waals surface area contributed by atoms with Crippen LogP contribution in [0.5, 0.6) is 0 Å². The molecule has 1 N–H and O–H groups in total. The van der Waals surface area contributed by atoms with Crippen molar-refractivity contribution in [1.82, 2.24) is 4.90 Å². The van der Waals surface area contributed by atoms with Gasteiger partial charge in [-0.3, -0.25) is 4.79 Å². The number of hydrogen-bond donors (Lipinski definition) is 1. The second kappa shape index (κ2) is 4.88. The summed E-state index contributed by atoms with van der Waals surface area (Å²) in [7, 11) is 0. The first-order valence-electron chi connectivity index (χ1n) is 5.06. The van der Waals surface area contributed by atoms with Crippen molar-refractivity contribution in [3.63, 3.8) is 0 Å². The molecule has 1 unspecified atom stereocenters. The number of rotatable bonds is 3. The van der Waals surface area contributed by atoms with Crippen LogP contribution in [-0.2, 0) is 9.59 Å². The van der Waals surface area contributed by atoms with Gasteiger partial charge in [-0.05, 0) is 5.92 Å². The Bertz CT molecular complexity index is 267. The Morgan fingerprint density at radius 1 is 1.40 bits per heavy atom. The molecule has 1 rings (SSSR count). The number of thioether (sulfide) groups is 1. The first kappa shape index (κ1) is 12.4. The Kier molecular flexibility index (Phi) is 4.02. The number of nitrogens with zero attached hydrogens (tertiary/aromatic N) is 1. The third-order valence-electron chi connectivity index (χ3n) is 2.84. The summed E-state index contributed by atoms with van der Waals surface area (Å²) < 4.78 is 0. The van der Waals surface area contributed by atoms with Gasteiger partial charge in [-0.15, -0.1) is 11.8 Å². The smallest absolute Gasteiger partial charge is 0.327 e. The van der Waals surface area contributed by atoms with E-state index in [1.54, 1.807) is 0 Å². The lowest BCUT2D eigenvalue weighted by molar-refractivity contribution is -0.149. The summed E-state index contributed by atoms with van der Waals surface area (Å²) in [6, 6.07) is -0.635. The SMILES string of the molecule is CC(C)C(C)C(=O)N1CSC[C@H]1C(=O)O. The molecule has 0 spiro atoms. The molecule has 0 saturated carbocycles. The highest BCUT2D eigenvalue weighted by atomic mass is 32.2. The number of carbonyl (C=O) groups excluding carboxylic acids is 1. The predicted octanol–water partition coefficient (Wildman–Crippen LogP) is 1.26. The van der Waals surface area contributed by atoms with Gasteiger partial charge >= 0.3 is 5.97 Å². The van der Waals surface area contributed by atoms with Crippen molar-refractivity contribution >= 4 is 23.6 Å². The van der Waals surface area contributed by atoms with Crippen molar-refractivity contribution in [3.05, 3.63) is 0 Å². The summed E-state index contributed by atoms with van der Waals surface area (Å²) in [4.78, 5) is 24.3. The van der Waals surface area contributed by atoms with E-state index >= 15 is 0 Å². The van der Waals surface area contributed by atoms with Crippen LogP contribution in [0, 0.1) is 11.8 Å². The van der Waals surface area contributed by atoms with Gasteiger partial charge in [-0.25, -0.2) is 4.79 Å². The third-order valence-corrected chi connectivity index (χ3v) is 3.85. The topological polar surface area (TPSA) is 57.6 Å². The highest BCUT2D eigenvalue weighted by molar-refractivity contribution is 7.99. The Morgan fingerprint density at radius 3 is 2.47 bits per heavy atom. The Morgan fingerprint density at radius 2 is 2.00 bits per heavy atom. The largest absolute Gasteiger partial charge is 0.480 e. The molecule has 0 aromatic heterocycles. The zero-order chi connectivity index (χ0) is 11.6. The van der Waals surface area contributed by atoms with Crippen LogP contribution in [0.4, 0.5) is 0 Å². The standard InChI is InChI=1S/C10H17NO3S/c1-6(2)7(3)9(12)11-5-15-4-8(11)10(13)14/h6-8H,4-5H2,1-3H3,(H,13,14)/t7?,8-/m0/s1. The van der Waals surface area contributed by atoms with E-state index in [2.05, 4.69) is 0 Å². The van der Waals surface area contributed by atoms with Gasteiger partial charge < -0.3 is 10.0 Å². The lowest BCUT2D eigenvalue weighted by atomic mass is 9.96. The van der Waals surface area contributed by atoms with Crippen LogP contribution < -0.4 is 0 Å². The molecule has 1 saturated heterocycles. The molecule has 15 heavy (non-hydrogen) atoms. The number of aliphatic carboxylic acids is 1. The minimum atomic E-state index is -0.899. The van der Waals surface area contributed by atoms with Gasteiger partial charge in [0.05, 0.1) is 5.88 Å². The summed E-state index contributed by atoms with van der Waals surface area (Å²) >= 11 is 1.50. The fraction of sp³-hybridized carbons (Fsp3) is 0.800. The molecular weight excluding hydrogens is 214 g/mol. The van der Waals surface area contributed by atoms with Crippen molar-refractivity contribution in [1.29, 1.82) is 0 Å². The molecule has 2 atom stereocenters. The van der Waals surface area contributed by atoms with E-state index in [0.717, 1.165) is 0 Å². The molecule has 1 aliphatic heterocycles. The van der Waals surface area contributed by atoms with Crippen LogP contribution in [0.1, 0.15) is 20.8 Å². The van der Waals surface area contributed by atoms with E-state index in [1.807, 2.05) is 20.8 Å². The van der Waals surface area contributed by atoms with Crippen molar-refractivity contribution in [2.24, 2.45) is 11.8 Å². The third kappa shape index (κ3) is 2.65. The Labute approximate surface area is 94.0 Å². The number of carbonyl (C=O) groups is 2. The normalized spacial score (nSPS) is 23.2. The average Bonchev–Trinajstić information content (AvgIpc) is 2.63. The molecular formula is C10H17NO3S. The van der Waals surface area contributed by atoms with E-state index < -0.39 is 12.0 Å². The molecule has 1 amide bonds. The number of carboxylic acids is 1. The fourth-order valence-corrected chi connectivity index (χ4v) is 2.57. The lowest BCUT2D eigenvalue weighted by Gasteiger charge is -2.25. The van der Waals surface area contributed by atoms with Gasteiger partial charge in [0.25, 0.3) is 0 Å². The van der Waals surface area contributed by atoms with Crippen molar-refractivity contribution in [2.45, 2.75) is 26.8 Å². The first-order chi connectivity index (χ1) is 6.95. The quantitative estimate of drug-likeness (QED) is 0.794. The van der Waals surface area contributed by atoms with Crippen LogP contribution in [0.3, 0.4) is 0 Å². The maximum Gasteiger partial charge on any atom is 0.327 e. The number of amides is 1. The molecule has 0 aromatic rings. The lowest BCUT2D eigenvalue weighted by Crippen LogP contribution is -2.44. The molecule has 0 aromatic carbocycles. The highest BCUT2D eigenvalue weighted by Crippen LogP contribution is 2.25. The average molecular weight is 231 g/mol. The second-order valence-corrected chi connectivity index (χ2v) is 5.19. The van der Waals surface area contributed by atoms with Crippen LogP contribution in [0.25, 0.3) is 0 Å². The Hall–Kier alpha value is -0.710. The van der Waals surface area contributed by atoms with Crippen LogP contribution >= 0.6 is 11.8 Å². The fourth-order valence-electron chi connectivity index (χ4n) is 1.41. The molecule has 1 aliphatic rings. The first-order valence-corrected chi connectivity index (χ1v) is 6.21. The monoisotopic (exact) mass is 231 g/mol. The molecule has 4 nitrogen and oxygen atoms in total. The van der Waals surface area contributed by atoms with Gasteiger partial charge in [0, 0.05) is 11.7 Å². The van der Waals surface area contributed by atoms with Gasteiger partial charge in [0.2, 0.25) is 5.91 Å². The van der Waals surface area contributed by atoms with Gasteiger partial charge in [0.1, 0.15) is 6.04 Å². The molecule has 0 bridgehead atoms. The van der Waals surface area contributed by atoms with Crippen LogP contribution in [0.2, 0.25) is 0 Å². The molecule has 1 fully saturated rings. The highest BCUT2D eigenvalue weighted by Gasteiger charge is 2.36. The van der Waals surface area contributed by atoms with E-state index in [-0.39, 0.29) is 17.7 Å². The number of carboxylic acid groups (broad SMARTS) is 1. The van der Waals surface area contributed by atoms with Gasteiger partial charge in [0.15, 0.2) is 0 Å².